The molecule has 1 aliphatic heterocycles. The second kappa shape index (κ2) is 8.99. The molecular weight excluding hydrogens is 394 g/mol. The molecule has 8 nitrogen and oxygen atoms in total. The SMILES string of the molecule is Cc1cccc(CN2CCn3c(nn(CC(=O)NCCc4ccccc4)c3=O)C2=O)c1. The lowest BCUT2D eigenvalue weighted by Gasteiger charge is -2.26. The normalized spacial score (nSPS) is 13.2. The number of benzene rings is 2. The summed E-state index contributed by atoms with van der Waals surface area (Å²) in [5, 5.41) is 6.96. The molecule has 3 aromatic rings. The number of aryl methyl sites for hydroxylation is 1. The maximum Gasteiger partial charge on any atom is 0.346 e. The fourth-order valence-corrected chi connectivity index (χ4v) is 3.73. The molecule has 0 fully saturated rings. The van der Waals surface area contributed by atoms with Crippen molar-refractivity contribution in [2.75, 3.05) is 13.1 Å². The standard InChI is InChI=1S/C23H25N5O3/c1-17-6-5-9-19(14-17)15-26-12-13-27-21(22(26)30)25-28(23(27)31)16-20(29)24-11-10-18-7-3-2-4-8-18/h2-9,14H,10-13,15-16H2,1H3,(H,24,29). The van der Waals surface area contributed by atoms with Crippen molar-refractivity contribution in [3.63, 3.8) is 0 Å². The molecule has 31 heavy (non-hydrogen) atoms. The average Bonchev–Trinajstić information content (AvgIpc) is 3.07. The molecule has 8 heteroatoms. The number of hydrogen-bond donors (Lipinski definition) is 1. The molecule has 2 heterocycles. The van der Waals surface area contributed by atoms with E-state index in [2.05, 4.69) is 10.4 Å². The monoisotopic (exact) mass is 419 g/mol. The summed E-state index contributed by atoms with van der Waals surface area (Å²) in [7, 11) is 0. The summed E-state index contributed by atoms with van der Waals surface area (Å²) in [6.45, 7) is 3.51. The quantitative estimate of drug-likeness (QED) is 0.626. The van der Waals surface area contributed by atoms with Gasteiger partial charge in [-0.3, -0.25) is 14.2 Å². The van der Waals surface area contributed by atoms with Crippen LogP contribution in [-0.2, 0) is 30.8 Å². The van der Waals surface area contributed by atoms with E-state index < -0.39 is 5.69 Å². The Morgan fingerprint density at radius 2 is 1.81 bits per heavy atom. The highest BCUT2D eigenvalue weighted by atomic mass is 16.2. The van der Waals surface area contributed by atoms with Gasteiger partial charge in [0.15, 0.2) is 0 Å². The molecule has 2 aromatic carbocycles. The minimum atomic E-state index is -0.434. The molecule has 1 aliphatic rings. The van der Waals surface area contributed by atoms with Crippen molar-refractivity contribution in [2.45, 2.75) is 33.0 Å². The molecule has 1 N–H and O–H groups in total. The molecule has 0 radical (unpaired) electrons. The van der Waals surface area contributed by atoms with Gasteiger partial charge < -0.3 is 10.2 Å². The molecular formula is C23H25N5O3. The third-order valence-electron chi connectivity index (χ3n) is 5.32. The van der Waals surface area contributed by atoms with Crippen molar-refractivity contribution in [2.24, 2.45) is 0 Å². The van der Waals surface area contributed by atoms with E-state index in [-0.39, 0.29) is 24.2 Å². The Kier molecular flexibility index (Phi) is 5.97. The molecule has 4 rings (SSSR count). The lowest BCUT2D eigenvalue weighted by Crippen LogP contribution is -2.42. The zero-order valence-electron chi connectivity index (χ0n) is 17.5. The molecule has 0 spiro atoms. The number of nitrogens with zero attached hydrogens (tertiary/aromatic N) is 4. The first-order chi connectivity index (χ1) is 15.0. The largest absolute Gasteiger partial charge is 0.354 e. The van der Waals surface area contributed by atoms with Gasteiger partial charge in [-0.15, -0.1) is 5.10 Å². The van der Waals surface area contributed by atoms with E-state index in [1.54, 1.807) is 4.90 Å². The first kappa shape index (κ1) is 20.6. The summed E-state index contributed by atoms with van der Waals surface area (Å²) in [6.07, 6.45) is 0.702. The van der Waals surface area contributed by atoms with Crippen molar-refractivity contribution >= 4 is 11.8 Å². The Morgan fingerprint density at radius 1 is 1.03 bits per heavy atom. The fourth-order valence-electron chi connectivity index (χ4n) is 3.73. The molecule has 0 saturated heterocycles. The maximum absolute atomic E-state index is 12.9. The highest BCUT2D eigenvalue weighted by molar-refractivity contribution is 5.91. The number of rotatable bonds is 7. The second-order valence-corrected chi connectivity index (χ2v) is 7.72. The van der Waals surface area contributed by atoms with Crippen LogP contribution in [0.5, 0.6) is 0 Å². The summed E-state index contributed by atoms with van der Waals surface area (Å²) in [4.78, 5) is 39.4. The van der Waals surface area contributed by atoms with Gasteiger partial charge in [0.05, 0.1) is 0 Å². The van der Waals surface area contributed by atoms with Crippen molar-refractivity contribution in [1.82, 2.24) is 24.6 Å². The lowest BCUT2D eigenvalue weighted by atomic mass is 10.1. The first-order valence-corrected chi connectivity index (χ1v) is 10.3. The molecule has 0 unspecified atom stereocenters. The molecule has 0 atom stereocenters. The van der Waals surface area contributed by atoms with Crippen LogP contribution in [-0.4, -0.2) is 44.2 Å². The zero-order chi connectivity index (χ0) is 21.8. The molecule has 0 aliphatic carbocycles. The number of carbonyl (C=O) groups excluding carboxylic acids is 2. The Bertz CT molecular complexity index is 1150. The van der Waals surface area contributed by atoms with Crippen molar-refractivity contribution in [1.29, 1.82) is 0 Å². The van der Waals surface area contributed by atoms with E-state index in [1.165, 1.54) is 4.57 Å². The van der Waals surface area contributed by atoms with Crippen LogP contribution < -0.4 is 11.0 Å². The van der Waals surface area contributed by atoms with Crippen molar-refractivity contribution in [3.8, 4) is 0 Å². The van der Waals surface area contributed by atoms with E-state index in [0.717, 1.165) is 21.4 Å². The summed E-state index contributed by atoms with van der Waals surface area (Å²) in [5.41, 5.74) is 2.84. The molecule has 1 aromatic heterocycles. The molecule has 160 valence electrons. The topological polar surface area (TPSA) is 89.2 Å². The van der Waals surface area contributed by atoms with Gasteiger partial charge in [0, 0.05) is 26.2 Å². The summed E-state index contributed by atoms with van der Waals surface area (Å²) in [6, 6.07) is 17.8. The van der Waals surface area contributed by atoms with E-state index >= 15 is 0 Å². The van der Waals surface area contributed by atoms with Gasteiger partial charge in [-0.25, -0.2) is 9.48 Å². The number of aromatic nitrogens is 3. The van der Waals surface area contributed by atoms with Gasteiger partial charge in [-0.2, -0.15) is 0 Å². The van der Waals surface area contributed by atoms with Crippen molar-refractivity contribution < 1.29 is 9.59 Å². The summed E-state index contributed by atoms with van der Waals surface area (Å²) < 4.78 is 2.42. The second-order valence-electron chi connectivity index (χ2n) is 7.72. The number of hydrogen-bond acceptors (Lipinski definition) is 4. The van der Waals surface area contributed by atoms with Gasteiger partial charge in [-0.1, -0.05) is 60.2 Å². The van der Waals surface area contributed by atoms with Crippen LogP contribution in [0.15, 0.2) is 59.4 Å². The van der Waals surface area contributed by atoms with E-state index in [0.29, 0.717) is 32.6 Å². The van der Waals surface area contributed by atoms with E-state index in [4.69, 9.17) is 0 Å². The van der Waals surface area contributed by atoms with Crippen LogP contribution in [0.25, 0.3) is 0 Å². The van der Waals surface area contributed by atoms with Crippen LogP contribution >= 0.6 is 0 Å². The molecule has 0 bridgehead atoms. The highest BCUT2D eigenvalue weighted by Crippen LogP contribution is 2.13. The van der Waals surface area contributed by atoms with Crippen LogP contribution in [0, 0.1) is 6.92 Å². The Balaban J connectivity index is 1.39. The van der Waals surface area contributed by atoms with Gasteiger partial charge in [0.1, 0.15) is 6.54 Å². The van der Waals surface area contributed by atoms with E-state index in [9.17, 15) is 14.4 Å². The third kappa shape index (κ3) is 4.74. The van der Waals surface area contributed by atoms with Gasteiger partial charge in [-0.05, 0) is 24.5 Å². The van der Waals surface area contributed by atoms with Crippen LogP contribution in [0.2, 0.25) is 0 Å². The maximum atomic E-state index is 12.9. The minimum absolute atomic E-state index is 0.0842. The molecule has 0 saturated carbocycles. The molecule has 2 amide bonds. The first-order valence-electron chi connectivity index (χ1n) is 10.3. The number of fused-ring (bicyclic) bond motifs is 1. The predicted octanol–water partition coefficient (Wildman–Crippen LogP) is 1.37. The highest BCUT2D eigenvalue weighted by Gasteiger charge is 2.30. The smallest absolute Gasteiger partial charge is 0.346 e. The number of carbonyl (C=O) groups is 2. The van der Waals surface area contributed by atoms with Gasteiger partial charge >= 0.3 is 5.69 Å². The minimum Gasteiger partial charge on any atom is -0.354 e. The van der Waals surface area contributed by atoms with Gasteiger partial charge in [0.25, 0.3) is 5.91 Å². The van der Waals surface area contributed by atoms with Crippen LogP contribution in [0.4, 0.5) is 0 Å². The van der Waals surface area contributed by atoms with E-state index in [1.807, 2.05) is 61.5 Å². The fraction of sp³-hybridized carbons (Fsp3) is 0.304. The number of amides is 2. The summed E-state index contributed by atoms with van der Waals surface area (Å²) in [5.74, 6) is -0.522. The van der Waals surface area contributed by atoms with Crippen LogP contribution in [0.3, 0.4) is 0 Å². The predicted molar refractivity (Wildman–Crippen MR) is 116 cm³/mol. The Hall–Kier alpha value is -3.68. The lowest BCUT2D eigenvalue weighted by molar-refractivity contribution is -0.121. The Morgan fingerprint density at radius 3 is 2.58 bits per heavy atom. The average molecular weight is 419 g/mol. The van der Waals surface area contributed by atoms with Crippen molar-refractivity contribution in [3.05, 3.63) is 87.6 Å². The summed E-state index contributed by atoms with van der Waals surface area (Å²) >= 11 is 0. The number of nitrogens with one attached hydrogen (secondary N) is 1. The third-order valence-corrected chi connectivity index (χ3v) is 5.32. The Labute approximate surface area is 180 Å². The van der Waals surface area contributed by atoms with Crippen LogP contribution in [0.1, 0.15) is 27.3 Å². The zero-order valence-corrected chi connectivity index (χ0v) is 17.5. The van der Waals surface area contributed by atoms with Gasteiger partial charge in [0.2, 0.25) is 11.7 Å².